The summed E-state index contributed by atoms with van der Waals surface area (Å²) < 4.78 is 0. The highest BCUT2D eigenvalue weighted by Crippen LogP contribution is 2.41. The number of fused-ring (bicyclic) bond motifs is 1. The van der Waals surface area contributed by atoms with Crippen LogP contribution in [-0.4, -0.2) is 26.1 Å². The van der Waals surface area contributed by atoms with Crippen molar-refractivity contribution in [3.8, 4) is 0 Å². The summed E-state index contributed by atoms with van der Waals surface area (Å²) in [5.41, 5.74) is 4.29. The Morgan fingerprint density at radius 3 is 2.87 bits per heavy atom. The van der Waals surface area contributed by atoms with Gasteiger partial charge in [-0.2, -0.15) is 5.10 Å². The number of H-pyrrole nitrogens is 2. The van der Waals surface area contributed by atoms with Crippen LogP contribution in [0.3, 0.4) is 0 Å². The Morgan fingerprint density at radius 2 is 2.13 bits per heavy atom. The molecule has 0 radical (unpaired) electrons. The second-order valence-corrected chi connectivity index (χ2v) is 6.22. The lowest BCUT2D eigenvalue weighted by Crippen LogP contribution is -2.28. The number of benzene rings is 1. The molecule has 1 fully saturated rings. The van der Waals surface area contributed by atoms with E-state index in [0.29, 0.717) is 11.5 Å². The van der Waals surface area contributed by atoms with Crippen LogP contribution in [0.2, 0.25) is 0 Å². The number of hydrogen-bond acceptors (Lipinski definition) is 3. The van der Waals surface area contributed by atoms with Crippen molar-refractivity contribution in [2.45, 2.75) is 38.6 Å². The van der Waals surface area contributed by atoms with E-state index in [0.717, 1.165) is 41.1 Å². The summed E-state index contributed by atoms with van der Waals surface area (Å²) in [7, 11) is 0. The largest absolute Gasteiger partial charge is 0.342 e. The first kappa shape index (κ1) is 14.0. The van der Waals surface area contributed by atoms with E-state index in [1.165, 1.54) is 0 Å². The van der Waals surface area contributed by atoms with Crippen molar-refractivity contribution in [3.63, 3.8) is 0 Å². The lowest BCUT2D eigenvalue weighted by Gasteiger charge is -2.12. The number of rotatable bonds is 4. The van der Waals surface area contributed by atoms with Gasteiger partial charge in [-0.05, 0) is 38.8 Å². The maximum atomic E-state index is 12.7. The standard InChI is InChI=1S/C17H19N5O/c1-9-14(15(22-21-9)11-7-8-11)17(23)18-10(2)16-19-12-5-3-4-6-13(12)20-16/h3-6,10-11H,7-8H2,1-2H3,(H,18,23)(H,19,20)(H,21,22). The molecule has 0 spiro atoms. The van der Waals surface area contributed by atoms with E-state index in [4.69, 9.17) is 0 Å². The molecule has 1 saturated carbocycles. The van der Waals surface area contributed by atoms with Gasteiger partial charge >= 0.3 is 0 Å². The normalized spacial score (nSPS) is 15.7. The summed E-state index contributed by atoms with van der Waals surface area (Å²) in [6.07, 6.45) is 2.23. The van der Waals surface area contributed by atoms with Gasteiger partial charge in [-0.25, -0.2) is 4.98 Å². The molecule has 0 aliphatic heterocycles. The smallest absolute Gasteiger partial charge is 0.255 e. The van der Waals surface area contributed by atoms with Crippen LogP contribution in [0, 0.1) is 6.92 Å². The van der Waals surface area contributed by atoms with Gasteiger partial charge in [-0.1, -0.05) is 12.1 Å². The Hall–Kier alpha value is -2.63. The third kappa shape index (κ3) is 2.50. The zero-order valence-electron chi connectivity index (χ0n) is 13.2. The van der Waals surface area contributed by atoms with Crippen LogP contribution in [0.25, 0.3) is 11.0 Å². The average molecular weight is 309 g/mol. The molecule has 3 N–H and O–H groups in total. The van der Waals surface area contributed by atoms with Gasteiger partial charge in [-0.3, -0.25) is 9.89 Å². The highest BCUT2D eigenvalue weighted by Gasteiger charge is 2.32. The summed E-state index contributed by atoms with van der Waals surface area (Å²) in [5.74, 6) is 1.10. The molecule has 0 bridgehead atoms. The molecule has 2 aromatic heterocycles. The van der Waals surface area contributed by atoms with Gasteiger partial charge in [-0.15, -0.1) is 0 Å². The van der Waals surface area contributed by atoms with Gasteiger partial charge < -0.3 is 10.3 Å². The van der Waals surface area contributed by atoms with Crippen molar-refractivity contribution in [2.75, 3.05) is 0 Å². The van der Waals surface area contributed by atoms with Crippen LogP contribution in [0.5, 0.6) is 0 Å². The van der Waals surface area contributed by atoms with E-state index in [1.807, 2.05) is 38.1 Å². The zero-order valence-corrected chi connectivity index (χ0v) is 13.2. The highest BCUT2D eigenvalue weighted by atomic mass is 16.1. The van der Waals surface area contributed by atoms with Crippen molar-refractivity contribution in [2.24, 2.45) is 0 Å². The summed E-state index contributed by atoms with van der Waals surface area (Å²) >= 11 is 0. The average Bonchev–Trinajstić information content (AvgIpc) is 3.16. The summed E-state index contributed by atoms with van der Waals surface area (Å²) in [5, 5.41) is 10.3. The van der Waals surface area contributed by atoms with Gasteiger partial charge in [0.05, 0.1) is 28.3 Å². The summed E-state index contributed by atoms with van der Waals surface area (Å²) in [4.78, 5) is 20.5. The highest BCUT2D eigenvalue weighted by molar-refractivity contribution is 5.97. The fourth-order valence-corrected chi connectivity index (χ4v) is 2.90. The fourth-order valence-electron chi connectivity index (χ4n) is 2.90. The number of nitrogens with zero attached hydrogens (tertiary/aromatic N) is 2. The maximum absolute atomic E-state index is 12.7. The Bertz CT molecular complexity index is 841. The van der Waals surface area contributed by atoms with E-state index in [9.17, 15) is 4.79 Å². The third-order valence-electron chi connectivity index (χ3n) is 4.33. The molecular formula is C17H19N5O. The molecule has 1 amide bonds. The van der Waals surface area contributed by atoms with Crippen LogP contribution in [0.4, 0.5) is 0 Å². The van der Waals surface area contributed by atoms with Crippen molar-refractivity contribution >= 4 is 16.9 Å². The van der Waals surface area contributed by atoms with E-state index < -0.39 is 0 Å². The van der Waals surface area contributed by atoms with Gasteiger partial charge in [0, 0.05) is 11.6 Å². The quantitative estimate of drug-likeness (QED) is 0.692. The minimum Gasteiger partial charge on any atom is -0.342 e. The molecule has 1 atom stereocenters. The Balaban J connectivity index is 1.57. The number of aromatic nitrogens is 4. The van der Waals surface area contributed by atoms with E-state index in [2.05, 4.69) is 25.5 Å². The summed E-state index contributed by atoms with van der Waals surface area (Å²) in [6.45, 7) is 3.82. The minimum absolute atomic E-state index is 0.0916. The molecule has 2 heterocycles. The molecular weight excluding hydrogens is 290 g/mol. The van der Waals surface area contributed by atoms with Gasteiger partial charge in [0.1, 0.15) is 5.82 Å². The van der Waals surface area contributed by atoms with Gasteiger partial charge in [0.2, 0.25) is 0 Å². The summed E-state index contributed by atoms with van der Waals surface area (Å²) in [6, 6.07) is 7.65. The van der Waals surface area contributed by atoms with Crippen LogP contribution in [0.15, 0.2) is 24.3 Å². The number of nitrogens with one attached hydrogen (secondary N) is 3. The van der Waals surface area contributed by atoms with E-state index in [1.54, 1.807) is 0 Å². The zero-order chi connectivity index (χ0) is 16.0. The minimum atomic E-state index is -0.198. The first-order chi connectivity index (χ1) is 11.1. The van der Waals surface area contributed by atoms with E-state index >= 15 is 0 Å². The molecule has 118 valence electrons. The number of aryl methyl sites for hydroxylation is 1. The van der Waals surface area contributed by atoms with Gasteiger partial charge in [0.15, 0.2) is 0 Å². The predicted octanol–water partition coefficient (Wildman–Crippen LogP) is 2.96. The number of carbonyl (C=O) groups is 1. The lowest BCUT2D eigenvalue weighted by molar-refractivity contribution is 0.0937. The molecule has 6 nitrogen and oxygen atoms in total. The van der Waals surface area contributed by atoms with Crippen LogP contribution in [0.1, 0.15) is 59.3 Å². The number of imidazole rings is 1. The number of amides is 1. The molecule has 1 aromatic carbocycles. The SMILES string of the molecule is Cc1[nH]nc(C2CC2)c1C(=O)NC(C)c1nc2ccccc2[nH]1. The molecule has 23 heavy (non-hydrogen) atoms. The molecule has 3 aromatic rings. The second kappa shape index (κ2) is 5.22. The van der Waals surface area contributed by atoms with Crippen molar-refractivity contribution < 1.29 is 4.79 Å². The molecule has 6 heteroatoms. The first-order valence-electron chi connectivity index (χ1n) is 7.94. The van der Waals surface area contributed by atoms with Crippen molar-refractivity contribution in [1.29, 1.82) is 0 Å². The van der Waals surface area contributed by atoms with Crippen molar-refractivity contribution in [1.82, 2.24) is 25.5 Å². The van der Waals surface area contributed by atoms with Crippen molar-refractivity contribution in [3.05, 3.63) is 47.0 Å². The predicted molar refractivity (Wildman–Crippen MR) is 87.3 cm³/mol. The monoisotopic (exact) mass is 309 g/mol. The van der Waals surface area contributed by atoms with E-state index in [-0.39, 0.29) is 11.9 Å². The Kier molecular flexibility index (Phi) is 3.18. The number of carbonyl (C=O) groups excluding carboxylic acids is 1. The molecule has 0 saturated heterocycles. The van der Waals surface area contributed by atoms with Crippen LogP contribution < -0.4 is 5.32 Å². The molecule has 1 unspecified atom stereocenters. The number of hydrogen-bond donors (Lipinski definition) is 3. The van der Waals surface area contributed by atoms with Gasteiger partial charge in [0.25, 0.3) is 5.91 Å². The second-order valence-electron chi connectivity index (χ2n) is 6.22. The number of para-hydroxylation sites is 2. The lowest BCUT2D eigenvalue weighted by atomic mass is 10.1. The Labute approximate surface area is 133 Å². The number of aromatic amines is 2. The topological polar surface area (TPSA) is 86.5 Å². The third-order valence-corrected chi connectivity index (χ3v) is 4.33. The van der Waals surface area contributed by atoms with Crippen LogP contribution in [-0.2, 0) is 0 Å². The molecule has 1 aliphatic rings. The fraction of sp³-hybridized carbons (Fsp3) is 0.353. The van der Waals surface area contributed by atoms with Crippen LogP contribution >= 0.6 is 0 Å². The molecule has 1 aliphatic carbocycles. The maximum Gasteiger partial charge on any atom is 0.255 e. The Morgan fingerprint density at radius 1 is 1.35 bits per heavy atom. The first-order valence-corrected chi connectivity index (χ1v) is 7.94. The molecule has 4 rings (SSSR count).